The van der Waals surface area contributed by atoms with Crippen LogP contribution in [0.15, 0.2) is 35.5 Å². The van der Waals surface area contributed by atoms with E-state index in [1.807, 2.05) is 0 Å². The van der Waals surface area contributed by atoms with Gasteiger partial charge in [0.15, 0.2) is 0 Å². The van der Waals surface area contributed by atoms with E-state index in [4.69, 9.17) is 0 Å². The van der Waals surface area contributed by atoms with Crippen molar-refractivity contribution in [3.63, 3.8) is 0 Å². The molecule has 126 valence electrons. The molecular weight excluding hydrogens is 276 g/mol. The molecule has 4 rings (SSSR count). The van der Waals surface area contributed by atoms with Crippen molar-refractivity contribution in [2.24, 2.45) is 22.2 Å². The zero-order valence-electron chi connectivity index (χ0n) is 15.5. The highest BCUT2D eigenvalue weighted by Crippen LogP contribution is 2.69. The second-order valence-corrected chi connectivity index (χ2v) is 9.65. The van der Waals surface area contributed by atoms with Gasteiger partial charge in [0.05, 0.1) is 0 Å². The molecule has 0 radical (unpaired) electrons. The van der Waals surface area contributed by atoms with Crippen molar-refractivity contribution in [2.45, 2.75) is 85.0 Å². The standard InChI is InChI=1S/C23H34/c1-17(2)19-8-11-21(4)20(15-19)18(3)7-12-23(21)14-13-22(16-23)9-5-6-10-22/h7,12,19H,1,5-6,8-11,13-16H2,2-4H3/t19-,21-,23+/m1/s1. The first-order valence-corrected chi connectivity index (χ1v) is 9.95. The number of allylic oxidation sites excluding steroid dienone is 5. The zero-order chi connectivity index (χ0) is 16.3. The van der Waals surface area contributed by atoms with Crippen molar-refractivity contribution >= 4 is 0 Å². The number of rotatable bonds is 1. The van der Waals surface area contributed by atoms with E-state index >= 15 is 0 Å². The van der Waals surface area contributed by atoms with Gasteiger partial charge in [-0.25, -0.2) is 0 Å². The molecule has 0 aliphatic heterocycles. The molecule has 4 aliphatic carbocycles. The van der Waals surface area contributed by atoms with E-state index in [9.17, 15) is 0 Å². The lowest BCUT2D eigenvalue weighted by molar-refractivity contribution is 0.0836. The summed E-state index contributed by atoms with van der Waals surface area (Å²) >= 11 is 0. The van der Waals surface area contributed by atoms with Crippen molar-refractivity contribution in [3.8, 4) is 0 Å². The van der Waals surface area contributed by atoms with Gasteiger partial charge < -0.3 is 0 Å². The molecule has 0 N–H and O–H groups in total. The van der Waals surface area contributed by atoms with Gasteiger partial charge in [-0.1, -0.05) is 55.2 Å². The van der Waals surface area contributed by atoms with E-state index in [2.05, 4.69) is 39.5 Å². The van der Waals surface area contributed by atoms with Crippen LogP contribution in [0.4, 0.5) is 0 Å². The van der Waals surface area contributed by atoms with Crippen LogP contribution in [0.5, 0.6) is 0 Å². The Labute approximate surface area is 143 Å². The summed E-state index contributed by atoms with van der Waals surface area (Å²) in [5.74, 6) is 0.721. The molecule has 0 heteroatoms. The van der Waals surface area contributed by atoms with Crippen LogP contribution in [0.25, 0.3) is 0 Å². The highest BCUT2D eigenvalue weighted by molar-refractivity contribution is 5.41. The quantitative estimate of drug-likeness (QED) is 0.458. The lowest BCUT2D eigenvalue weighted by Crippen LogP contribution is -2.44. The molecule has 0 bridgehead atoms. The number of hydrogen-bond acceptors (Lipinski definition) is 0. The van der Waals surface area contributed by atoms with Crippen LogP contribution in [0.1, 0.15) is 85.0 Å². The first-order chi connectivity index (χ1) is 10.9. The molecule has 3 saturated carbocycles. The molecule has 3 atom stereocenters. The SMILES string of the molecule is C=C(C)[C@@H]1CC[C@]2(C)C(=C(C)C=C[C@@]23CCC2(CCCC2)C3)C1. The highest BCUT2D eigenvalue weighted by atomic mass is 14.6. The Hall–Kier alpha value is -0.780. The van der Waals surface area contributed by atoms with Crippen LogP contribution in [0.2, 0.25) is 0 Å². The Balaban J connectivity index is 1.70. The summed E-state index contributed by atoms with van der Waals surface area (Å²) in [4.78, 5) is 0. The Kier molecular flexibility index (Phi) is 3.49. The Morgan fingerprint density at radius 3 is 2.57 bits per heavy atom. The molecule has 0 nitrogen and oxygen atoms in total. The minimum absolute atomic E-state index is 0.421. The van der Waals surface area contributed by atoms with Gasteiger partial charge in [0.25, 0.3) is 0 Å². The van der Waals surface area contributed by atoms with Crippen molar-refractivity contribution in [2.75, 3.05) is 0 Å². The fourth-order valence-electron chi connectivity index (χ4n) is 6.82. The second-order valence-electron chi connectivity index (χ2n) is 9.65. The Morgan fingerprint density at radius 2 is 1.87 bits per heavy atom. The molecule has 2 spiro atoms. The average Bonchev–Trinajstić information content (AvgIpc) is 3.13. The van der Waals surface area contributed by atoms with Crippen LogP contribution in [-0.4, -0.2) is 0 Å². The molecule has 23 heavy (non-hydrogen) atoms. The van der Waals surface area contributed by atoms with Gasteiger partial charge in [-0.05, 0) is 87.4 Å². The van der Waals surface area contributed by atoms with Crippen molar-refractivity contribution < 1.29 is 0 Å². The second kappa shape index (κ2) is 5.11. The topological polar surface area (TPSA) is 0 Å². The van der Waals surface area contributed by atoms with E-state index in [1.165, 1.54) is 69.8 Å². The maximum atomic E-state index is 4.27. The van der Waals surface area contributed by atoms with Gasteiger partial charge in [-0.2, -0.15) is 0 Å². The molecular formula is C23H34. The molecule has 4 aliphatic rings. The lowest BCUT2D eigenvalue weighted by atomic mass is 9.50. The summed E-state index contributed by atoms with van der Waals surface area (Å²) in [6, 6.07) is 0. The van der Waals surface area contributed by atoms with Gasteiger partial charge in [-0.15, -0.1) is 0 Å². The van der Waals surface area contributed by atoms with Crippen LogP contribution in [-0.2, 0) is 0 Å². The van der Waals surface area contributed by atoms with E-state index < -0.39 is 0 Å². The van der Waals surface area contributed by atoms with E-state index in [0.717, 1.165) is 5.92 Å². The molecule has 0 aromatic carbocycles. The average molecular weight is 311 g/mol. The number of fused-ring (bicyclic) bond motifs is 2. The first-order valence-electron chi connectivity index (χ1n) is 9.95. The largest absolute Gasteiger partial charge is 0.0998 e. The molecule has 0 saturated heterocycles. The summed E-state index contributed by atoms with van der Waals surface area (Å²) in [6.07, 6.45) is 19.5. The van der Waals surface area contributed by atoms with E-state index in [-0.39, 0.29) is 0 Å². The molecule has 3 fully saturated rings. The monoisotopic (exact) mass is 310 g/mol. The Morgan fingerprint density at radius 1 is 1.13 bits per heavy atom. The molecule has 0 aromatic heterocycles. The summed E-state index contributed by atoms with van der Waals surface area (Å²) < 4.78 is 0. The first kappa shape index (κ1) is 15.7. The maximum absolute atomic E-state index is 4.27. The van der Waals surface area contributed by atoms with Crippen molar-refractivity contribution in [3.05, 3.63) is 35.5 Å². The molecule has 0 unspecified atom stereocenters. The summed E-state index contributed by atoms with van der Waals surface area (Å²) in [5, 5.41) is 0. The van der Waals surface area contributed by atoms with E-state index in [0.29, 0.717) is 16.2 Å². The van der Waals surface area contributed by atoms with Crippen LogP contribution in [0.3, 0.4) is 0 Å². The van der Waals surface area contributed by atoms with Gasteiger partial charge in [0, 0.05) is 0 Å². The van der Waals surface area contributed by atoms with Crippen LogP contribution >= 0.6 is 0 Å². The summed E-state index contributed by atoms with van der Waals surface area (Å²) in [5.41, 5.74) is 6.34. The van der Waals surface area contributed by atoms with Gasteiger partial charge in [-0.3, -0.25) is 0 Å². The fourth-order valence-corrected chi connectivity index (χ4v) is 6.82. The minimum atomic E-state index is 0.421. The third kappa shape index (κ3) is 2.16. The Bertz CT molecular complexity index is 583. The molecule has 0 amide bonds. The van der Waals surface area contributed by atoms with Crippen LogP contribution < -0.4 is 0 Å². The van der Waals surface area contributed by atoms with Crippen molar-refractivity contribution in [1.29, 1.82) is 0 Å². The fraction of sp³-hybridized carbons (Fsp3) is 0.739. The maximum Gasteiger partial charge on any atom is -0.00184 e. The van der Waals surface area contributed by atoms with Crippen LogP contribution in [0, 0.1) is 22.2 Å². The molecule has 0 aromatic rings. The zero-order valence-corrected chi connectivity index (χ0v) is 15.5. The van der Waals surface area contributed by atoms with Crippen molar-refractivity contribution in [1.82, 2.24) is 0 Å². The highest BCUT2D eigenvalue weighted by Gasteiger charge is 2.58. The molecule has 0 heterocycles. The normalized spacial score (nSPS) is 41.8. The third-order valence-electron chi connectivity index (χ3n) is 8.49. The van der Waals surface area contributed by atoms with E-state index in [1.54, 1.807) is 11.1 Å². The third-order valence-corrected chi connectivity index (χ3v) is 8.49. The lowest BCUT2D eigenvalue weighted by Gasteiger charge is -2.54. The summed E-state index contributed by atoms with van der Waals surface area (Å²) in [7, 11) is 0. The van der Waals surface area contributed by atoms with Gasteiger partial charge in [0.1, 0.15) is 0 Å². The van der Waals surface area contributed by atoms with Gasteiger partial charge in [0.2, 0.25) is 0 Å². The smallest absolute Gasteiger partial charge is 0.00184 e. The summed E-state index contributed by atoms with van der Waals surface area (Å²) in [6.45, 7) is 11.5. The predicted octanol–water partition coefficient (Wildman–Crippen LogP) is 6.99. The minimum Gasteiger partial charge on any atom is -0.0998 e. The van der Waals surface area contributed by atoms with Gasteiger partial charge >= 0.3 is 0 Å². The number of hydrogen-bond donors (Lipinski definition) is 0. The predicted molar refractivity (Wildman–Crippen MR) is 99.3 cm³/mol.